The van der Waals surface area contributed by atoms with Crippen LogP contribution in [-0.4, -0.2) is 98.5 Å². The van der Waals surface area contributed by atoms with Gasteiger partial charge in [-0.25, -0.2) is 26.9 Å². The van der Waals surface area contributed by atoms with Gasteiger partial charge in [0.05, 0.1) is 41.6 Å². The summed E-state index contributed by atoms with van der Waals surface area (Å²) in [6, 6.07) is 5.21. The van der Waals surface area contributed by atoms with Gasteiger partial charge >= 0.3 is 5.92 Å². The molecule has 344 valence electrons. The maximum absolute atomic E-state index is 16.2. The van der Waals surface area contributed by atoms with Crippen LogP contribution in [-0.2, 0) is 23.7 Å². The van der Waals surface area contributed by atoms with Crippen molar-refractivity contribution in [3.63, 3.8) is 0 Å². The number of imide groups is 1. The summed E-state index contributed by atoms with van der Waals surface area (Å²) in [6.45, 7) is 3.07. The van der Waals surface area contributed by atoms with E-state index in [1.165, 1.54) is 21.5 Å². The van der Waals surface area contributed by atoms with Crippen molar-refractivity contribution in [3.05, 3.63) is 68.7 Å². The van der Waals surface area contributed by atoms with Crippen LogP contribution >= 0.6 is 11.6 Å². The molecule has 2 amide bonds. The summed E-state index contributed by atoms with van der Waals surface area (Å²) in [4.78, 5) is 50.6. The molecule has 3 aromatic heterocycles. The number of aromatic nitrogens is 5. The molecule has 2 unspecified atom stereocenters. The molecule has 0 radical (unpaired) electrons. The Labute approximate surface area is 374 Å². The molecule has 20 heteroatoms. The molecule has 4 fully saturated rings. The molecule has 5 atom stereocenters. The van der Waals surface area contributed by atoms with Crippen molar-refractivity contribution in [2.24, 2.45) is 31.8 Å². The number of fused-ring (bicyclic) bond motifs is 4. The number of anilines is 4. The third-order valence-corrected chi connectivity index (χ3v) is 14.4. The number of piperidine rings is 3. The number of alkyl halides is 3. The number of hydrogen-bond donors (Lipinski definition) is 3. The molecule has 10 rings (SSSR count). The quantitative estimate of drug-likeness (QED) is 0.110. The third-order valence-electron chi connectivity index (χ3n) is 14.1. The Kier molecular flexibility index (Phi) is 10.9. The van der Waals surface area contributed by atoms with Gasteiger partial charge in [0.1, 0.15) is 22.5 Å². The molecule has 5 aliphatic rings. The van der Waals surface area contributed by atoms with E-state index in [2.05, 4.69) is 35.9 Å². The van der Waals surface area contributed by atoms with Crippen molar-refractivity contribution in [1.82, 2.24) is 34.5 Å². The molecule has 0 bridgehead atoms. The lowest BCUT2D eigenvalue weighted by molar-refractivity contribution is -0.134. The van der Waals surface area contributed by atoms with Crippen molar-refractivity contribution in [2.75, 3.05) is 54.9 Å². The largest absolute Gasteiger partial charge is 0.480 e. The van der Waals surface area contributed by atoms with Gasteiger partial charge in [-0.15, -0.1) is 0 Å². The Morgan fingerprint density at radius 2 is 1.78 bits per heavy atom. The molecule has 2 aromatic carbocycles. The summed E-state index contributed by atoms with van der Waals surface area (Å²) < 4.78 is 86.9. The van der Waals surface area contributed by atoms with E-state index in [4.69, 9.17) is 16.3 Å². The van der Waals surface area contributed by atoms with Gasteiger partial charge in [0.15, 0.2) is 18.2 Å². The van der Waals surface area contributed by atoms with E-state index in [1.54, 1.807) is 37.2 Å². The summed E-state index contributed by atoms with van der Waals surface area (Å²) in [5.74, 6) is -7.03. The van der Waals surface area contributed by atoms with Gasteiger partial charge in [0.25, 0.3) is 5.56 Å². The molecule has 3 saturated heterocycles. The number of carbonyl (C=O) groups is 2. The minimum atomic E-state index is -3.18. The van der Waals surface area contributed by atoms with E-state index in [0.717, 1.165) is 0 Å². The van der Waals surface area contributed by atoms with Crippen molar-refractivity contribution in [3.8, 4) is 5.75 Å². The number of rotatable bonds is 8. The minimum Gasteiger partial charge on any atom is -0.480 e. The van der Waals surface area contributed by atoms with Crippen LogP contribution < -0.4 is 31.1 Å². The number of nitrogens with zero attached hydrogens (tertiary/aromatic N) is 7. The zero-order valence-electron chi connectivity index (χ0n) is 35.9. The predicted molar refractivity (Wildman–Crippen MR) is 234 cm³/mol. The van der Waals surface area contributed by atoms with Gasteiger partial charge in [-0.05, 0) is 87.2 Å². The molecule has 1 saturated carbocycles. The van der Waals surface area contributed by atoms with E-state index in [0.29, 0.717) is 68.5 Å². The second-order valence-corrected chi connectivity index (χ2v) is 18.8. The maximum atomic E-state index is 16.2. The summed E-state index contributed by atoms with van der Waals surface area (Å²) >= 11 is 6.59. The molecule has 65 heavy (non-hydrogen) atoms. The second kappa shape index (κ2) is 16.4. The highest BCUT2D eigenvalue weighted by atomic mass is 35.5. The molecule has 4 aliphatic heterocycles. The van der Waals surface area contributed by atoms with Crippen LogP contribution in [0, 0.1) is 29.4 Å². The first-order chi connectivity index (χ1) is 31.1. The number of carbonyl (C=O) groups excluding carboxylic acids is 2. The Balaban J connectivity index is 0.804. The first kappa shape index (κ1) is 43.3. The normalized spacial score (nSPS) is 25.2. The Morgan fingerprint density at radius 3 is 2.51 bits per heavy atom. The number of ether oxygens (including phenoxy) is 1. The van der Waals surface area contributed by atoms with Gasteiger partial charge < -0.3 is 29.7 Å². The number of aryl methyl sites for hydroxylation is 2. The Bertz CT molecular complexity index is 2800. The van der Waals surface area contributed by atoms with E-state index >= 15 is 22.0 Å². The summed E-state index contributed by atoms with van der Waals surface area (Å²) in [5.41, 5.74) is 1.03. The molecule has 3 N–H and O–H groups in total. The topological polar surface area (TPSA) is 152 Å². The number of halogens is 6. The zero-order chi connectivity index (χ0) is 45.6. The fourth-order valence-electron chi connectivity index (χ4n) is 10.4. The van der Waals surface area contributed by atoms with Crippen molar-refractivity contribution in [1.29, 1.82) is 0 Å². The maximum Gasteiger partial charge on any atom is 0.301 e. The standard InChI is InChI=1S/C45H48ClF5N10O4/c1-21-17-61(44-52-16-29(46)41(56-44)53-24-6-8-32-26(14-24)37-39(43(64)58(32)2)65-20-45(50,51)40(55-37)23-4-5-23)19-31(48)28(21)18-60-12-10-22(11-13-60)34-30(47)15-27-36(57-59(3)38(27)35(34)49)25-7-9-33(62)54-42(25)63/h6,8,14-16,21-23,25,28,31,40,55H,4-5,7,9-13,17-20H2,1-3H3,(H,52,53,56)(H,54,62,63)/t21-,25?,28?,31-,40+/m1/s1. The van der Waals surface area contributed by atoms with Crippen molar-refractivity contribution >= 4 is 68.4 Å². The van der Waals surface area contributed by atoms with E-state index in [9.17, 15) is 14.4 Å². The van der Waals surface area contributed by atoms with Gasteiger partial charge in [0, 0.05) is 61.5 Å². The highest BCUT2D eigenvalue weighted by molar-refractivity contribution is 6.33. The number of nitrogens with one attached hydrogen (secondary N) is 3. The third kappa shape index (κ3) is 7.80. The highest BCUT2D eigenvalue weighted by Crippen LogP contribution is 2.46. The van der Waals surface area contributed by atoms with Crippen LogP contribution in [0.15, 0.2) is 35.3 Å². The second-order valence-electron chi connectivity index (χ2n) is 18.4. The van der Waals surface area contributed by atoms with Crippen LogP contribution in [0.4, 0.5) is 45.1 Å². The monoisotopic (exact) mass is 922 g/mol. The molecule has 5 aromatic rings. The number of likely N-dealkylation sites (tertiary alicyclic amines) is 1. The van der Waals surface area contributed by atoms with Gasteiger partial charge in [-0.3, -0.25) is 24.4 Å². The lowest BCUT2D eigenvalue weighted by Gasteiger charge is -2.42. The number of pyridine rings is 1. The molecule has 0 spiro atoms. The fourth-order valence-corrected chi connectivity index (χ4v) is 10.6. The van der Waals surface area contributed by atoms with E-state index < -0.39 is 59.7 Å². The molecule has 14 nitrogen and oxygen atoms in total. The average molecular weight is 923 g/mol. The SMILES string of the molecule is C[C@@H]1CN(c2ncc(Cl)c(Nc3ccc4c(c3)c3c(c(=O)n4C)OCC(F)(F)[C@H](C4CC4)N3)n2)C[C@@H](F)C1CN1CCC(c2c(F)cc3c(C4CCC(=O)NC4=O)nn(C)c3c2F)CC1. The fraction of sp³-hybridized carbons (Fsp3) is 0.511. The van der Waals surface area contributed by atoms with Crippen LogP contribution in [0.3, 0.4) is 0 Å². The summed E-state index contributed by atoms with van der Waals surface area (Å²) in [6.07, 6.45) is 2.76. The minimum absolute atomic E-state index is 0.0142. The first-order valence-corrected chi connectivity index (χ1v) is 22.5. The lowest BCUT2D eigenvalue weighted by atomic mass is 9.83. The summed E-state index contributed by atoms with van der Waals surface area (Å²) in [5, 5.41) is 13.8. The Morgan fingerprint density at radius 1 is 1.02 bits per heavy atom. The lowest BCUT2D eigenvalue weighted by Crippen LogP contribution is -2.51. The van der Waals surface area contributed by atoms with Gasteiger partial charge in [-0.1, -0.05) is 18.5 Å². The van der Waals surface area contributed by atoms with Crippen molar-refractivity contribution in [2.45, 2.75) is 75.4 Å². The smallest absolute Gasteiger partial charge is 0.301 e. The average Bonchev–Trinajstić information content (AvgIpc) is 4.07. The predicted octanol–water partition coefficient (Wildman–Crippen LogP) is 6.92. The zero-order valence-corrected chi connectivity index (χ0v) is 36.7. The van der Waals surface area contributed by atoms with Crippen LogP contribution in [0.5, 0.6) is 5.75 Å². The molecule has 7 heterocycles. The molecular formula is C45H48ClF5N10O4. The Hall–Kier alpha value is -5.56. The first-order valence-electron chi connectivity index (χ1n) is 22.1. The van der Waals surface area contributed by atoms with E-state index in [-0.39, 0.29) is 93.4 Å². The summed E-state index contributed by atoms with van der Waals surface area (Å²) in [7, 11) is 3.11. The highest BCUT2D eigenvalue weighted by Gasteiger charge is 2.51. The molecule has 1 aliphatic carbocycles. The number of hydrogen-bond acceptors (Lipinski definition) is 11. The van der Waals surface area contributed by atoms with Gasteiger partial charge in [0.2, 0.25) is 23.5 Å². The van der Waals surface area contributed by atoms with Crippen LogP contribution in [0.2, 0.25) is 5.02 Å². The van der Waals surface area contributed by atoms with Crippen LogP contribution in [0.25, 0.3) is 21.8 Å². The molecular weight excluding hydrogens is 875 g/mol. The number of benzene rings is 2. The van der Waals surface area contributed by atoms with Crippen LogP contribution in [0.1, 0.15) is 68.5 Å². The number of amides is 2. The van der Waals surface area contributed by atoms with Gasteiger partial charge in [-0.2, -0.15) is 10.1 Å². The van der Waals surface area contributed by atoms with Crippen molar-refractivity contribution < 1.29 is 36.3 Å². The van der Waals surface area contributed by atoms with E-state index in [1.807, 2.05) is 6.92 Å².